The fraction of sp³-hybridized carbons (Fsp3) is 0.412. The lowest BCUT2D eigenvalue weighted by Gasteiger charge is -2.25. The monoisotopic (exact) mass is 271 g/mol. The smallest absolute Gasteiger partial charge is 0.0448 e. The van der Waals surface area contributed by atoms with Gasteiger partial charge in [-0.2, -0.15) is 0 Å². The van der Waals surface area contributed by atoms with Crippen LogP contribution in [0.4, 0.5) is 0 Å². The van der Waals surface area contributed by atoms with E-state index in [1.54, 1.807) is 0 Å². The molecule has 2 aromatic rings. The molecule has 19 heavy (non-hydrogen) atoms. The molecule has 0 spiro atoms. The van der Waals surface area contributed by atoms with Crippen molar-refractivity contribution in [1.82, 2.24) is 5.32 Å². The van der Waals surface area contributed by atoms with Gasteiger partial charge >= 0.3 is 0 Å². The lowest BCUT2D eigenvalue weighted by molar-refractivity contribution is 0.406. The molecule has 2 heteroatoms. The van der Waals surface area contributed by atoms with Gasteiger partial charge < -0.3 is 5.32 Å². The Bertz CT molecular complexity index is 487. The van der Waals surface area contributed by atoms with Gasteiger partial charge in [0.05, 0.1) is 0 Å². The van der Waals surface area contributed by atoms with Crippen LogP contribution in [0.1, 0.15) is 48.7 Å². The predicted octanol–water partition coefficient (Wildman–Crippen LogP) is 4.94. The zero-order valence-corrected chi connectivity index (χ0v) is 12.2. The lowest BCUT2D eigenvalue weighted by Crippen LogP contribution is -2.27. The standard InChI is InChI=1S/C17H21NS/c1-2-15(13-7-4-3-5-8-13)18-17(14-10-11-14)16-9-6-12-19-16/h3-9,12,14-15,17-18H,2,10-11H2,1H3. The summed E-state index contributed by atoms with van der Waals surface area (Å²) in [5.74, 6) is 0.844. The molecule has 0 saturated heterocycles. The van der Waals surface area contributed by atoms with Crippen LogP contribution in [0.5, 0.6) is 0 Å². The Hall–Kier alpha value is -1.12. The molecule has 1 N–H and O–H groups in total. The Labute approximate surface area is 119 Å². The van der Waals surface area contributed by atoms with Gasteiger partial charge in [-0.05, 0) is 42.2 Å². The van der Waals surface area contributed by atoms with Gasteiger partial charge in [-0.15, -0.1) is 11.3 Å². The molecule has 1 saturated carbocycles. The molecule has 0 amide bonds. The van der Waals surface area contributed by atoms with E-state index in [1.165, 1.54) is 23.3 Å². The van der Waals surface area contributed by atoms with Crippen LogP contribution in [0.25, 0.3) is 0 Å². The van der Waals surface area contributed by atoms with Crippen LogP contribution in [-0.4, -0.2) is 0 Å². The predicted molar refractivity (Wildman–Crippen MR) is 82.4 cm³/mol. The molecule has 1 heterocycles. The van der Waals surface area contributed by atoms with Gasteiger partial charge in [-0.3, -0.25) is 0 Å². The normalized spacial score (nSPS) is 18.2. The number of thiophene rings is 1. The Kier molecular flexibility index (Phi) is 4.00. The quantitative estimate of drug-likeness (QED) is 0.784. The first kappa shape index (κ1) is 12.9. The van der Waals surface area contributed by atoms with Crippen molar-refractivity contribution in [2.75, 3.05) is 0 Å². The number of rotatable bonds is 6. The van der Waals surface area contributed by atoms with Crippen LogP contribution in [0.15, 0.2) is 47.8 Å². The van der Waals surface area contributed by atoms with E-state index < -0.39 is 0 Å². The summed E-state index contributed by atoms with van der Waals surface area (Å²) in [6, 6.07) is 16.3. The van der Waals surface area contributed by atoms with Gasteiger partial charge in [0.1, 0.15) is 0 Å². The molecule has 1 aromatic carbocycles. The molecule has 1 aliphatic carbocycles. The zero-order valence-electron chi connectivity index (χ0n) is 11.4. The van der Waals surface area contributed by atoms with Crippen molar-refractivity contribution in [2.24, 2.45) is 5.92 Å². The van der Waals surface area contributed by atoms with E-state index in [-0.39, 0.29) is 0 Å². The van der Waals surface area contributed by atoms with Crippen molar-refractivity contribution in [1.29, 1.82) is 0 Å². The third kappa shape index (κ3) is 3.07. The summed E-state index contributed by atoms with van der Waals surface area (Å²) in [6.45, 7) is 2.27. The summed E-state index contributed by atoms with van der Waals surface area (Å²) >= 11 is 1.88. The second-order valence-corrected chi connectivity index (χ2v) is 6.35. The van der Waals surface area contributed by atoms with Gasteiger partial charge in [-0.1, -0.05) is 43.3 Å². The Morgan fingerprint density at radius 3 is 2.53 bits per heavy atom. The molecule has 1 aromatic heterocycles. The molecular weight excluding hydrogens is 250 g/mol. The van der Waals surface area contributed by atoms with E-state index in [4.69, 9.17) is 0 Å². The summed E-state index contributed by atoms with van der Waals surface area (Å²) in [7, 11) is 0. The maximum absolute atomic E-state index is 3.89. The molecule has 1 aliphatic rings. The molecule has 0 radical (unpaired) electrons. The van der Waals surface area contributed by atoms with Crippen LogP contribution in [0, 0.1) is 5.92 Å². The minimum Gasteiger partial charge on any atom is -0.302 e. The van der Waals surface area contributed by atoms with Gasteiger partial charge in [0, 0.05) is 17.0 Å². The second kappa shape index (κ2) is 5.89. The molecule has 3 rings (SSSR count). The Balaban J connectivity index is 1.77. The summed E-state index contributed by atoms with van der Waals surface area (Å²) in [6.07, 6.45) is 3.89. The van der Waals surface area contributed by atoms with Crippen LogP contribution < -0.4 is 5.32 Å². The third-order valence-electron chi connectivity index (χ3n) is 3.93. The highest BCUT2D eigenvalue weighted by atomic mass is 32.1. The minimum atomic E-state index is 0.467. The second-order valence-electron chi connectivity index (χ2n) is 5.37. The van der Waals surface area contributed by atoms with Gasteiger partial charge in [0.25, 0.3) is 0 Å². The van der Waals surface area contributed by atoms with Gasteiger partial charge in [0.15, 0.2) is 0 Å². The van der Waals surface area contributed by atoms with Crippen LogP contribution >= 0.6 is 11.3 Å². The maximum Gasteiger partial charge on any atom is 0.0448 e. The Morgan fingerprint density at radius 1 is 1.16 bits per heavy atom. The number of hydrogen-bond donors (Lipinski definition) is 1. The van der Waals surface area contributed by atoms with E-state index in [0.29, 0.717) is 12.1 Å². The van der Waals surface area contributed by atoms with Crippen molar-refractivity contribution >= 4 is 11.3 Å². The van der Waals surface area contributed by atoms with Gasteiger partial charge in [0.2, 0.25) is 0 Å². The zero-order chi connectivity index (χ0) is 13.1. The molecular formula is C17H21NS. The van der Waals surface area contributed by atoms with Gasteiger partial charge in [-0.25, -0.2) is 0 Å². The van der Waals surface area contributed by atoms with E-state index in [9.17, 15) is 0 Å². The highest BCUT2D eigenvalue weighted by Gasteiger charge is 2.34. The van der Waals surface area contributed by atoms with E-state index in [0.717, 1.165) is 12.3 Å². The molecule has 0 bridgehead atoms. The first-order valence-electron chi connectivity index (χ1n) is 7.23. The number of nitrogens with one attached hydrogen (secondary N) is 1. The van der Waals surface area contributed by atoms with Crippen LogP contribution in [-0.2, 0) is 0 Å². The van der Waals surface area contributed by atoms with Crippen molar-refractivity contribution < 1.29 is 0 Å². The number of benzene rings is 1. The minimum absolute atomic E-state index is 0.467. The maximum atomic E-state index is 3.89. The molecule has 2 unspecified atom stereocenters. The average Bonchev–Trinajstić information content (AvgIpc) is 3.15. The summed E-state index contributed by atoms with van der Waals surface area (Å²) in [4.78, 5) is 1.50. The fourth-order valence-electron chi connectivity index (χ4n) is 2.70. The SMILES string of the molecule is CCC(NC(c1cccs1)C1CC1)c1ccccc1. The largest absolute Gasteiger partial charge is 0.302 e. The first-order chi connectivity index (χ1) is 9.38. The number of hydrogen-bond acceptors (Lipinski definition) is 2. The molecule has 0 aliphatic heterocycles. The summed E-state index contributed by atoms with van der Waals surface area (Å²) < 4.78 is 0. The van der Waals surface area contributed by atoms with E-state index in [1.807, 2.05) is 11.3 Å². The molecule has 2 atom stereocenters. The fourth-order valence-corrected chi connectivity index (χ4v) is 3.58. The van der Waals surface area contributed by atoms with E-state index in [2.05, 4.69) is 60.1 Å². The molecule has 1 fully saturated rings. The van der Waals surface area contributed by atoms with Crippen LogP contribution in [0.2, 0.25) is 0 Å². The van der Waals surface area contributed by atoms with Crippen LogP contribution in [0.3, 0.4) is 0 Å². The third-order valence-corrected chi connectivity index (χ3v) is 4.89. The summed E-state index contributed by atoms with van der Waals surface area (Å²) in [5.41, 5.74) is 1.41. The molecule has 1 nitrogen and oxygen atoms in total. The highest BCUT2D eigenvalue weighted by molar-refractivity contribution is 7.10. The first-order valence-corrected chi connectivity index (χ1v) is 8.11. The van der Waals surface area contributed by atoms with Crippen molar-refractivity contribution in [3.05, 3.63) is 58.3 Å². The summed E-state index contributed by atoms with van der Waals surface area (Å²) in [5, 5.41) is 6.09. The van der Waals surface area contributed by atoms with E-state index >= 15 is 0 Å². The highest BCUT2D eigenvalue weighted by Crippen LogP contribution is 2.43. The van der Waals surface area contributed by atoms with Crippen molar-refractivity contribution in [2.45, 2.75) is 38.3 Å². The topological polar surface area (TPSA) is 12.0 Å². The average molecular weight is 271 g/mol. The lowest BCUT2D eigenvalue weighted by atomic mass is 10.0. The van der Waals surface area contributed by atoms with Crippen molar-refractivity contribution in [3.8, 4) is 0 Å². The molecule has 100 valence electrons. The van der Waals surface area contributed by atoms with Crippen molar-refractivity contribution in [3.63, 3.8) is 0 Å². The Morgan fingerprint density at radius 2 is 1.95 bits per heavy atom.